The van der Waals surface area contributed by atoms with Crippen LogP contribution < -0.4 is 10.1 Å². The summed E-state index contributed by atoms with van der Waals surface area (Å²) in [7, 11) is 1.70. The van der Waals surface area contributed by atoms with Crippen LogP contribution in [0.3, 0.4) is 0 Å². The summed E-state index contributed by atoms with van der Waals surface area (Å²) in [6.07, 6.45) is 0. The van der Waals surface area contributed by atoms with Crippen LogP contribution in [0.15, 0.2) is 42.5 Å². The summed E-state index contributed by atoms with van der Waals surface area (Å²) in [5.41, 5.74) is 5.18. The maximum atomic E-state index is 5.23. The zero-order valence-corrected chi connectivity index (χ0v) is 12.7. The number of benzene rings is 2. The second-order valence-corrected chi connectivity index (χ2v) is 5.18. The molecular formula is C18H23NO. The number of rotatable bonds is 5. The molecule has 2 rings (SSSR count). The van der Waals surface area contributed by atoms with Crippen LogP contribution in [0, 0.1) is 13.8 Å². The summed E-state index contributed by atoms with van der Waals surface area (Å²) in [6.45, 7) is 7.36. The van der Waals surface area contributed by atoms with Crippen molar-refractivity contribution in [2.45, 2.75) is 26.8 Å². The summed E-state index contributed by atoms with van der Waals surface area (Å²) < 4.78 is 5.23. The largest absolute Gasteiger partial charge is 0.497 e. The average Bonchev–Trinajstić information content (AvgIpc) is 2.44. The van der Waals surface area contributed by atoms with Crippen LogP contribution in [0.5, 0.6) is 5.75 Å². The van der Waals surface area contributed by atoms with E-state index in [9.17, 15) is 0 Å². The van der Waals surface area contributed by atoms with Crippen molar-refractivity contribution in [3.8, 4) is 5.75 Å². The Kier molecular flexibility index (Phi) is 4.80. The molecule has 0 saturated carbocycles. The smallest absolute Gasteiger partial charge is 0.118 e. The lowest BCUT2D eigenvalue weighted by atomic mass is 9.95. The highest BCUT2D eigenvalue weighted by atomic mass is 16.5. The first kappa shape index (κ1) is 14.6. The van der Waals surface area contributed by atoms with Gasteiger partial charge in [-0.15, -0.1) is 0 Å². The summed E-state index contributed by atoms with van der Waals surface area (Å²) >= 11 is 0. The third-order valence-corrected chi connectivity index (χ3v) is 3.43. The van der Waals surface area contributed by atoms with E-state index in [4.69, 9.17) is 4.74 Å². The second kappa shape index (κ2) is 6.58. The Morgan fingerprint density at radius 1 is 0.950 bits per heavy atom. The van der Waals surface area contributed by atoms with Gasteiger partial charge in [-0.1, -0.05) is 48.4 Å². The Bertz CT molecular complexity index is 540. The van der Waals surface area contributed by atoms with Crippen LogP contribution in [-0.2, 0) is 0 Å². The molecule has 0 amide bonds. The van der Waals surface area contributed by atoms with Gasteiger partial charge in [-0.3, -0.25) is 0 Å². The molecule has 1 N–H and O–H groups in total. The molecule has 2 aromatic rings. The van der Waals surface area contributed by atoms with Crippen molar-refractivity contribution >= 4 is 0 Å². The van der Waals surface area contributed by atoms with Crippen molar-refractivity contribution in [2.24, 2.45) is 0 Å². The fourth-order valence-corrected chi connectivity index (χ4v) is 2.61. The predicted molar refractivity (Wildman–Crippen MR) is 84.4 cm³/mol. The standard InChI is InChI=1S/C18H23NO/c1-5-19-18(15-6-8-17(20-4)9-7-15)16-11-13(2)10-14(3)12-16/h6-12,18-19H,5H2,1-4H3. The minimum absolute atomic E-state index is 0.226. The van der Waals surface area contributed by atoms with Gasteiger partial charge >= 0.3 is 0 Å². The van der Waals surface area contributed by atoms with Gasteiger partial charge in [0.2, 0.25) is 0 Å². The van der Waals surface area contributed by atoms with Gasteiger partial charge in [0.1, 0.15) is 5.75 Å². The Morgan fingerprint density at radius 3 is 2.05 bits per heavy atom. The van der Waals surface area contributed by atoms with Crippen LogP contribution >= 0.6 is 0 Å². The number of ether oxygens (including phenoxy) is 1. The molecule has 106 valence electrons. The molecule has 0 bridgehead atoms. The number of aryl methyl sites for hydroxylation is 2. The van der Waals surface area contributed by atoms with E-state index in [1.54, 1.807) is 7.11 Å². The van der Waals surface area contributed by atoms with Crippen LogP contribution in [0.1, 0.15) is 35.2 Å². The van der Waals surface area contributed by atoms with Crippen LogP contribution in [0.4, 0.5) is 0 Å². The Labute approximate surface area is 121 Å². The molecule has 2 heteroatoms. The first-order valence-corrected chi connectivity index (χ1v) is 7.09. The van der Waals surface area contributed by atoms with Gasteiger partial charge in [0.15, 0.2) is 0 Å². The average molecular weight is 269 g/mol. The summed E-state index contributed by atoms with van der Waals surface area (Å²) in [6, 6.07) is 15.2. The van der Waals surface area contributed by atoms with Gasteiger partial charge < -0.3 is 10.1 Å². The van der Waals surface area contributed by atoms with E-state index in [-0.39, 0.29) is 6.04 Å². The molecule has 0 saturated heterocycles. The number of nitrogens with one attached hydrogen (secondary N) is 1. The third-order valence-electron chi connectivity index (χ3n) is 3.43. The summed E-state index contributed by atoms with van der Waals surface area (Å²) in [5, 5.41) is 3.57. The molecule has 0 aliphatic rings. The fourth-order valence-electron chi connectivity index (χ4n) is 2.61. The molecule has 0 heterocycles. The molecule has 0 radical (unpaired) electrons. The number of methoxy groups -OCH3 is 1. The number of hydrogen-bond acceptors (Lipinski definition) is 2. The van der Waals surface area contributed by atoms with Gasteiger partial charge in [0, 0.05) is 0 Å². The number of hydrogen-bond donors (Lipinski definition) is 1. The van der Waals surface area contributed by atoms with Gasteiger partial charge in [0.25, 0.3) is 0 Å². The van der Waals surface area contributed by atoms with Crippen LogP contribution in [0.25, 0.3) is 0 Å². The molecule has 1 atom stereocenters. The maximum absolute atomic E-state index is 5.23. The molecule has 20 heavy (non-hydrogen) atoms. The SMILES string of the molecule is CCNC(c1ccc(OC)cc1)c1cc(C)cc(C)c1. The molecule has 1 unspecified atom stereocenters. The van der Waals surface area contributed by atoms with E-state index < -0.39 is 0 Å². The molecular weight excluding hydrogens is 246 g/mol. The third kappa shape index (κ3) is 3.40. The first-order valence-electron chi connectivity index (χ1n) is 7.09. The summed E-state index contributed by atoms with van der Waals surface area (Å²) in [5.74, 6) is 0.893. The zero-order valence-electron chi connectivity index (χ0n) is 12.7. The topological polar surface area (TPSA) is 21.3 Å². The molecule has 0 aliphatic heterocycles. The van der Waals surface area contributed by atoms with Crippen LogP contribution in [0.2, 0.25) is 0 Å². The van der Waals surface area contributed by atoms with Crippen molar-refractivity contribution in [3.63, 3.8) is 0 Å². The van der Waals surface area contributed by atoms with Crippen LogP contribution in [-0.4, -0.2) is 13.7 Å². The van der Waals surface area contributed by atoms with E-state index in [0.717, 1.165) is 12.3 Å². The highest BCUT2D eigenvalue weighted by Gasteiger charge is 2.13. The molecule has 2 aromatic carbocycles. The Hall–Kier alpha value is -1.80. The van der Waals surface area contributed by atoms with Crippen molar-refractivity contribution < 1.29 is 4.74 Å². The zero-order chi connectivity index (χ0) is 14.5. The minimum Gasteiger partial charge on any atom is -0.497 e. The van der Waals surface area contributed by atoms with E-state index in [1.165, 1.54) is 22.3 Å². The molecule has 2 nitrogen and oxygen atoms in total. The predicted octanol–water partition coefficient (Wildman–Crippen LogP) is 4.01. The van der Waals surface area contributed by atoms with Gasteiger partial charge in [0.05, 0.1) is 13.2 Å². The van der Waals surface area contributed by atoms with Crippen molar-refractivity contribution in [2.75, 3.05) is 13.7 Å². The second-order valence-electron chi connectivity index (χ2n) is 5.18. The van der Waals surface area contributed by atoms with E-state index >= 15 is 0 Å². The minimum atomic E-state index is 0.226. The Balaban J connectivity index is 2.38. The van der Waals surface area contributed by atoms with Gasteiger partial charge in [-0.25, -0.2) is 0 Å². The van der Waals surface area contributed by atoms with E-state index in [1.807, 2.05) is 12.1 Å². The van der Waals surface area contributed by atoms with Crippen molar-refractivity contribution in [1.82, 2.24) is 5.32 Å². The quantitative estimate of drug-likeness (QED) is 0.885. The molecule has 0 aromatic heterocycles. The van der Waals surface area contributed by atoms with E-state index in [2.05, 4.69) is 56.4 Å². The molecule has 0 fully saturated rings. The lowest BCUT2D eigenvalue weighted by Gasteiger charge is -2.20. The van der Waals surface area contributed by atoms with Crippen molar-refractivity contribution in [3.05, 3.63) is 64.7 Å². The monoisotopic (exact) mass is 269 g/mol. The molecule has 0 aliphatic carbocycles. The first-order chi connectivity index (χ1) is 9.63. The normalized spacial score (nSPS) is 12.2. The highest BCUT2D eigenvalue weighted by Crippen LogP contribution is 2.25. The fraction of sp³-hybridized carbons (Fsp3) is 0.333. The lowest BCUT2D eigenvalue weighted by Crippen LogP contribution is -2.22. The van der Waals surface area contributed by atoms with Gasteiger partial charge in [-0.05, 0) is 43.7 Å². The Morgan fingerprint density at radius 2 is 1.55 bits per heavy atom. The van der Waals surface area contributed by atoms with Gasteiger partial charge in [-0.2, -0.15) is 0 Å². The van der Waals surface area contributed by atoms with Crippen molar-refractivity contribution in [1.29, 1.82) is 0 Å². The highest BCUT2D eigenvalue weighted by molar-refractivity contribution is 5.38. The maximum Gasteiger partial charge on any atom is 0.118 e. The summed E-state index contributed by atoms with van der Waals surface area (Å²) in [4.78, 5) is 0. The molecule has 0 spiro atoms. The lowest BCUT2D eigenvalue weighted by molar-refractivity contribution is 0.414. The van der Waals surface area contributed by atoms with E-state index in [0.29, 0.717) is 0 Å².